The van der Waals surface area contributed by atoms with Crippen molar-refractivity contribution in [3.8, 4) is 22.8 Å². The molecular formula is C23H18ClN3OS. The van der Waals surface area contributed by atoms with E-state index in [1.165, 1.54) is 0 Å². The van der Waals surface area contributed by atoms with Crippen LogP contribution in [0.1, 0.15) is 5.56 Å². The van der Waals surface area contributed by atoms with Crippen molar-refractivity contribution in [2.24, 2.45) is 5.10 Å². The Morgan fingerprint density at radius 1 is 0.931 bits per heavy atom. The van der Waals surface area contributed by atoms with Gasteiger partial charge in [0, 0.05) is 23.0 Å². The van der Waals surface area contributed by atoms with Gasteiger partial charge in [-0.3, -0.25) is 0 Å². The Hall–Kier alpha value is -3.15. The third kappa shape index (κ3) is 5.02. The number of nitrogens with zero attached hydrogens (tertiary/aromatic N) is 3. The summed E-state index contributed by atoms with van der Waals surface area (Å²) < 4.78 is 5.84. The van der Waals surface area contributed by atoms with Crippen LogP contribution < -0.4 is 9.75 Å². The first-order valence-corrected chi connectivity index (χ1v) is 10.3. The summed E-state index contributed by atoms with van der Waals surface area (Å²) in [5, 5.41) is 9.76. The lowest BCUT2D eigenvalue weighted by atomic mass is 10.2. The van der Waals surface area contributed by atoms with Gasteiger partial charge >= 0.3 is 0 Å². The molecule has 0 fully saturated rings. The summed E-state index contributed by atoms with van der Waals surface area (Å²) in [7, 11) is 1.88. The molecule has 6 heteroatoms. The van der Waals surface area contributed by atoms with Gasteiger partial charge in [0.2, 0.25) is 5.13 Å². The first-order valence-electron chi connectivity index (χ1n) is 8.99. The number of benzene rings is 3. The van der Waals surface area contributed by atoms with Crippen LogP contribution in [0.3, 0.4) is 0 Å². The molecule has 0 aliphatic rings. The molecule has 0 radical (unpaired) electrons. The Morgan fingerprint density at radius 2 is 1.62 bits per heavy atom. The number of hydrazone groups is 1. The lowest BCUT2D eigenvalue weighted by Gasteiger charge is -2.08. The molecule has 0 bridgehead atoms. The minimum absolute atomic E-state index is 0.709. The van der Waals surface area contributed by atoms with Crippen LogP contribution in [0.5, 0.6) is 11.5 Å². The molecule has 4 aromatic rings. The summed E-state index contributed by atoms with van der Waals surface area (Å²) in [4.78, 5) is 4.69. The number of anilines is 1. The van der Waals surface area contributed by atoms with Gasteiger partial charge in [-0.05, 0) is 54.1 Å². The molecule has 0 spiro atoms. The van der Waals surface area contributed by atoms with Gasteiger partial charge in [-0.15, -0.1) is 11.3 Å². The van der Waals surface area contributed by atoms with Crippen LogP contribution in [0.15, 0.2) is 89.3 Å². The second-order valence-electron chi connectivity index (χ2n) is 6.27. The van der Waals surface area contributed by atoms with E-state index in [9.17, 15) is 0 Å². The highest BCUT2D eigenvalue weighted by Gasteiger charge is 2.08. The topological polar surface area (TPSA) is 37.7 Å². The van der Waals surface area contributed by atoms with Gasteiger partial charge in [-0.25, -0.2) is 9.99 Å². The zero-order valence-electron chi connectivity index (χ0n) is 15.7. The van der Waals surface area contributed by atoms with E-state index in [1.807, 2.05) is 91.3 Å². The van der Waals surface area contributed by atoms with Gasteiger partial charge in [0.1, 0.15) is 11.5 Å². The summed E-state index contributed by atoms with van der Waals surface area (Å²) in [6, 6.07) is 25.2. The fraction of sp³-hybridized carbons (Fsp3) is 0.0435. The molecule has 0 atom stereocenters. The van der Waals surface area contributed by atoms with E-state index >= 15 is 0 Å². The molecule has 4 rings (SSSR count). The number of aromatic nitrogens is 1. The summed E-state index contributed by atoms with van der Waals surface area (Å²) in [6.45, 7) is 0. The second-order valence-corrected chi connectivity index (χ2v) is 7.55. The second kappa shape index (κ2) is 8.90. The Kier molecular flexibility index (Phi) is 5.89. The van der Waals surface area contributed by atoms with Gasteiger partial charge < -0.3 is 4.74 Å². The number of hydrogen-bond donors (Lipinski definition) is 0. The Balaban J connectivity index is 1.43. The highest BCUT2D eigenvalue weighted by molar-refractivity contribution is 7.14. The molecule has 144 valence electrons. The Bertz CT molecular complexity index is 1090. The van der Waals surface area contributed by atoms with E-state index in [-0.39, 0.29) is 0 Å². The van der Waals surface area contributed by atoms with Crippen molar-refractivity contribution >= 4 is 34.3 Å². The molecule has 1 aromatic heterocycles. The first-order chi connectivity index (χ1) is 14.2. The SMILES string of the molecule is CN(N=Cc1ccc(Cl)cc1)c1nc(-c2ccc(Oc3ccccc3)cc2)cs1. The number of para-hydroxylation sites is 1. The maximum atomic E-state index is 5.91. The molecule has 0 saturated carbocycles. The Morgan fingerprint density at radius 3 is 2.34 bits per heavy atom. The lowest BCUT2D eigenvalue weighted by Crippen LogP contribution is -2.08. The van der Waals surface area contributed by atoms with Gasteiger partial charge in [0.25, 0.3) is 0 Å². The average Bonchev–Trinajstić information content (AvgIpc) is 3.25. The van der Waals surface area contributed by atoms with E-state index in [0.29, 0.717) is 5.02 Å². The van der Waals surface area contributed by atoms with Crippen molar-refractivity contribution in [1.82, 2.24) is 4.98 Å². The van der Waals surface area contributed by atoms with Crippen molar-refractivity contribution in [2.75, 3.05) is 12.1 Å². The molecule has 0 amide bonds. The highest BCUT2D eigenvalue weighted by atomic mass is 35.5. The molecule has 1 heterocycles. The van der Waals surface area contributed by atoms with Crippen molar-refractivity contribution in [2.45, 2.75) is 0 Å². The number of thiazole rings is 1. The van der Waals surface area contributed by atoms with E-state index in [1.54, 1.807) is 22.6 Å². The molecule has 0 aliphatic heterocycles. The van der Waals surface area contributed by atoms with Crippen LogP contribution >= 0.6 is 22.9 Å². The minimum Gasteiger partial charge on any atom is -0.457 e. The number of hydrogen-bond acceptors (Lipinski definition) is 5. The average molecular weight is 420 g/mol. The van der Waals surface area contributed by atoms with Crippen LogP contribution in [-0.4, -0.2) is 18.2 Å². The monoisotopic (exact) mass is 419 g/mol. The van der Waals surface area contributed by atoms with Crippen molar-refractivity contribution < 1.29 is 4.74 Å². The van der Waals surface area contributed by atoms with Gasteiger partial charge in [0.05, 0.1) is 11.9 Å². The summed E-state index contributed by atoms with van der Waals surface area (Å²) >= 11 is 7.46. The molecule has 0 aliphatic carbocycles. The van der Waals surface area contributed by atoms with Gasteiger partial charge in [-0.1, -0.05) is 41.9 Å². The summed E-state index contributed by atoms with van der Waals surface area (Å²) in [6.07, 6.45) is 1.78. The van der Waals surface area contributed by atoms with Crippen molar-refractivity contribution in [1.29, 1.82) is 0 Å². The molecule has 3 aromatic carbocycles. The maximum Gasteiger partial charge on any atom is 0.206 e. The Labute approximate surface area is 178 Å². The predicted molar refractivity (Wildman–Crippen MR) is 122 cm³/mol. The molecule has 0 N–H and O–H groups in total. The zero-order valence-corrected chi connectivity index (χ0v) is 17.3. The van der Waals surface area contributed by atoms with Crippen LogP contribution in [0.4, 0.5) is 5.13 Å². The summed E-state index contributed by atoms with van der Waals surface area (Å²) in [5.74, 6) is 1.61. The zero-order chi connectivity index (χ0) is 20.1. The molecule has 29 heavy (non-hydrogen) atoms. The van der Waals surface area contributed by atoms with Gasteiger partial charge in [0.15, 0.2) is 0 Å². The highest BCUT2D eigenvalue weighted by Crippen LogP contribution is 2.29. The number of halogens is 1. The fourth-order valence-electron chi connectivity index (χ4n) is 2.62. The quantitative estimate of drug-likeness (QED) is 0.257. The molecule has 0 saturated heterocycles. The largest absolute Gasteiger partial charge is 0.457 e. The van der Waals surface area contributed by atoms with Crippen LogP contribution in [0, 0.1) is 0 Å². The van der Waals surface area contributed by atoms with Crippen molar-refractivity contribution in [3.05, 3.63) is 94.8 Å². The maximum absolute atomic E-state index is 5.91. The van der Waals surface area contributed by atoms with E-state index in [2.05, 4.69) is 10.1 Å². The minimum atomic E-state index is 0.709. The lowest BCUT2D eigenvalue weighted by molar-refractivity contribution is 0.483. The van der Waals surface area contributed by atoms with E-state index in [4.69, 9.17) is 16.3 Å². The normalized spacial score (nSPS) is 11.0. The van der Waals surface area contributed by atoms with Crippen LogP contribution in [-0.2, 0) is 0 Å². The number of ether oxygens (including phenoxy) is 1. The van der Waals surface area contributed by atoms with E-state index < -0.39 is 0 Å². The third-order valence-electron chi connectivity index (χ3n) is 4.15. The summed E-state index contributed by atoms with van der Waals surface area (Å²) in [5.41, 5.74) is 2.92. The predicted octanol–water partition coefficient (Wildman–Crippen LogP) is 6.73. The fourth-order valence-corrected chi connectivity index (χ4v) is 3.50. The third-order valence-corrected chi connectivity index (χ3v) is 5.31. The van der Waals surface area contributed by atoms with Crippen LogP contribution in [0.2, 0.25) is 5.02 Å². The standard InChI is InChI=1S/C23H18ClN3OS/c1-27(25-15-17-7-11-19(24)12-8-17)23-26-22(16-29-23)18-9-13-21(14-10-18)28-20-5-3-2-4-6-20/h2-16H,1H3. The smallest absolute Gasteiger partial charge is 0.206 e. The molecular weight excluding hydrogens is 402 g/mol. The van der Waals surface area contributed by atoms with E-state index in [0.717, 1.165) is 33.5 Å². The molecule has 4 nitrogen and oxygen atoms in total. The number of rotatable bonds is 6. The van der Waals surface area contributed by atoms with Crippen LogP contribution in [0.25, 0.3) is 11.3 Å². The van der Waals surface area contributed by atoms with Gasteiger partial charge in [-0.2, -0.15) is 5.10 Å². The first kappa shape index (κ1) is 19.2. The molecule has 0 unspecified atom stereocenters. The van der Waals surface area contributed by atoms with Crippen molar-refractivity contribution in [3.63, 3.8) is 0 Å².